The van der Waals surface area contributed by atoms with Gasteiger partial charge in [-0.2, -0.15) is 0 Å². The molecule has 2 unspecified atom stereocenters. The summed E-state index contributed by atoms with van der Waals surface area (Å²) in [6.07, 6.45) is 0.865. The zero-order valence-electron chi connectivity index (χ0n) is 6.86. The number of aliphatic carboxylic acids is 1. The molecule has 1 heterocycles. The van der Waals surface area contributed by atoms with E-state index in [1.807, 2.05) is 0 Å². The lowest BCUT2D eigenvalue weighted by atomic mass is 10.00. The third kappa shape index (κ3) is 1.97. The van der Waals surface area contributed by atoms with Crippen LogP contribution in [0.25, 0.3) is 0 Å². The number of carbonyl (C=O) groups is 1. The summed E-state index contributed by atoms with van der Waals surface area (Å²) < 4.78 is 4.84. The van der Waals surface area contributed by atoms with Crippen LogP contribution in [0.3, 0.4) is 0 Å². The molecule has 72 valence electrons. The Kier molecular flexibility index (Phi) is 2.52. The van der Waals surface area contributed by atoms with E-state index in [-0.39, 0.29) is 11.6 Å². The van der Waals surface area contributed by atoms with Crippen LogP contribution >= 0.6 is 0 Å². The van der Waals surface area contributed by atoms with Gasteiger partial charge in [0.05, 0.1) is 11.8 Å². The highest BCUT2D eigenvalue weighted by Gasteiger charge is 2.28. The molecule has 13 heavy (non-hydrogen) atoms. The number of hydrogen-bond donors (Lipinski definition) is 4. The first kappa shape index (κ1) is 9.53. The number of nitrogens with one attached hydrogen (secondary N) is 1. The van der Waals surface area contributed by atoms with Crippen molar-refractivity contribution in [2.75, 3.05) is 0 Å². The third-order valence-electron chi connectivity index (χ3n) is 1.83. The maximum atomic E-state index is 10.4. The summed E-state index contributed by atoms with van der Waals surface area (Å²) in [6, 6.07) is 0. The molecular formula is C7H11N3O3. The van der Waals surface area contributed by atoms with Crippen LogP contribution in [0.15, 0.2) is 11.8 Å². The maximum Gasteiger partial charge on any atom is 0.370 e. The quantitative estimate of drug-likeness (QED) is 0.331. The number of carboxylic acid groups (broad SMARTS) is 1. The van der Waals surface area contributed by atoms with Gasteiger partial charge < -0.3 is 15.6 Å². The zero-order chi connectivity index (χ0) is 10.0. The molecule has 0 saturated heterocycles. The van der Waals surface area contributed by atoms with Crippen LogP contribution in [0.2, 0.25) is 0 Å². The Morgan fingerprint density at radius 3 is 2.77 bits per heavy atom. The summed E-state index contributed by atoms with van der Waals surface area (Å²) in [5.41, 5.74) is 10.7. The van der Waals surface area contributed by atoms with Crippen molar-refractivity contribution in [3.63, 3.8) is 0 Å². The van der Waals surface area contributed by atoms with E-state index in [1.54, 1.807) is 0 Å². The summed E-state index contributed by atoms with van der Waals surface area (Å²) in [5, 5.41) is 15.7. The molecule has 0 spiro atoms. The minimum Gasteiger partial charge on any atom is -0.475 e. The number of carboxylic acids is 1. The van der Waals surface area contributed by atoms with Crippen molar-refractivity contribution in [2.24, 2.45) is 17.4 Å². The van der Waals surface area contributed by atoms with E-state index in [0.717, 1.165) is 0 Å². The highest BCUT2D eigenvalue weighted by Crippen LogP contribution is 2.19. The van der Waals surface area contributed by atoms with E-state index >= 15 is 0 Å². The summed E-state index contributed by atoms with van der Waals surface area (Å²) in [6.45, 7) is 0. The van der Waals surface area contributed by atoms with Crippen LogP contribution < -0.4 is 11.5 Å². The Morgan fingerprint density at radius 1 is 1.77 bits per heavy atom. The molecule has 6 N–H and O–H groups in total. The van der Waals surface area contributed by atoms with E-state index in [0.29, 0.717) is 6.42 Å². The Bertz CT molecular complexity index is 274. The van der Waals surface area contributed by atoms with Gasteiger partial charge in [0.2, 0.25) is 5.76 Å². The monoisotopic (exact) mass is 185 g/mol. The molecule has 1 rings (SSSR count). The largest absolute Gasteiger partial charge is 0.475 e. The van der Waals surface area contributed by atoms with Crippen LogP contribution in [0.4, 0.5) is 0 Å². The first-order chi connectivity index (χ1) is 6.02. The average Bonchev–Trinajstić information content (AvgIpc) is 2.03. The second-order valence-electron chi connectivity index (χ2n) is 2.75. The van der Waals surface area contributed by atoms with Gasteiger partial charge in [-0.05, 0) is 12.5 Å². The van der Waals surface area contributed by atoms with Gasteiger partial charge in [0.25, 0.3) is 0 Å². The first-order valence-electron chi connectivity index (χ1n) is 3.72. The van der Waals surface area contributed by atoms with Gasteiger partial charge in [-0.25, -0.2) is 4.79 Å². The summed E-state index contributed by atoms with van der Waals surface area (Å²) >= 11 is 0. The molecule has 0 aliphatic carbocycles. The molecule has 6 nitrogen and oxygen atoms in total. The molecule has 6 heteroatoms. The number of hydrogen-bond acceptors (Lipinski definition) is 4. The van der Waals surface area contributed by atoms with Gasteiger partial charge in [-0.15, -0.1) is 0 Å². The summed E-state index contributed by atoms with van der Waals surface area (Å²) in [7, 11) is 0. The standard InChI is InChI=1S/C7H11N3O3/c8-5(9)3-1-2-4(7(11)12)13-6(3)10/h2-3,6H,1,10H2,(H3,8,9)(H,11,12). The van der Waals surface area contributed by atoms with Crippen molar-refractivity contribution in [1.29, 1.82) is 5.41 Å². The average molecular weight is 185 g/mol. The molecule has 1 aliphatic rings. The Morgan fingerprint density at radius 2 is 2.38 bits per heavy atom. The minimum absolute atomic E-state index is 0.0896. The Balaban J connectivity index is 2.74. The van der Waals surface area contributed by atoms with E-state index in [1.165, 1.54) is 6.08 Å². The van der Waals surface area contributed by atoms with Crippen molar-refractivity contribution in [2.45, 2.75) is 12.6 Å². The zero-order valence-corrected chi connectivity index (χ0v) is 6.86. The third-order valence-corrected chi connectivity index (χ3v) is 1.83. The molecule has 0 aromatic heterocycles. The molecule has 0 aromatic carbocycles. The SMILES string of the molecule is N=C(N)C1CC=C(C(=O)O)OC1N. The molecule has 1 aliphatic heterocycles. The van der Waals surface area contributed by atoms with Crippen molar-refractivity contribution in [3.05, 3.63) is 11.8 Å². The topological polar surface area (TPSA) is 122 Å². The maximum absolute atomic E-state index is 10.4. The second-order valence-corrected chi connectivity index (χ2v) is 2.75. The van der Waals surface area contributed by atoms with Gasteiger partial charge in [0.1, 0.15) is 0 Å². The molecule has 0 saturated carbocycles. The van der Waals surface area contributed by atoms with E-state index in [9.17, 15) is 4.79 Å². The van der Waals surface area contributed by atoms with E-state index < -0.39 is 18.1 Å². The fourth-order valence-electron chi connectivity index (χ4n) is 1.09. The molecule has 0 aromatic rings. The van der Waals surface area contributed by atoms with Gasteiger partial charge in [-0.3, -0.25) is 11.1 Å². The summed E-state index contributed by atoms with van der Waals surface area (Å²) in [5.74, 6) is -1.85. The Hall–Kier alpha value is -1.56. The molecule has 0 bridgehead atoms. The Labute approximate surface area is 74.7 Å². The number of ether oxygens (including phenoxy) is 1. The summed E-state index contributed by atoms with van der Waals surface area (Å²) in [4.78, 5) is 10.4. The molecule has 0 amide bonds. The lowest BCUT2D eigenvalue weighted by molar-refractivity contribution is -0.138. The van der Waals surface area contributed by atoms with Gasteiger partial charge in [-0.1, -0.05) is 0 Å². The number of amidine groups is 1. The molecule has 0 fully saturated rings. The molecule has 0 radical (unpaired) electrons. The van der Waals surface area contributed by atoms with Crippen LogP contribution in [-0.4, -0.2) is 23.1 Å². The smallest absolute Gasteiger partial charge is 0.370 e. The first-order valence-corrected chi connectivity index (χ1v) is 3.72. The second kappa shape index (κ2) is 3.44. The van der Waals surface area contributed by atoms with E-state index in [4.69, 9.17) is 26.7 Å². The van der Waals surface area contributed by atoms with E-state index in [2.05, 4.69) is 0 Å². The van der Waals surface area contributed by atoms with Crippen LogP contribution in [0, 0.1) is 11.3 Å². The molecular weight excluding hydrogens is 174 g/mol. The van der Waals surface area contributed by atoms with Gasteiger partial charge in [0.15, 0.2) is 6.23 Å². The van der Waals surface area contributed by atoms with Crippen LogP contribution in [-0.2, 0) is 9.53 Å². The van der Waals surface area contributed by atoms with Gasteiger partial charge in [0, 0.05) is 0 Å². The minimum atomic E-state index is -1.16. The predicted octanol–water partition coefficient (Wildman–Crippen LogP) is -0.788. The van der Waals surface area contributed by atoms with Crippen LogP contribution in [0.5, 0.6) is 0 Å². The lowest BCUT2D eigenvalue weighted by Gasteiger charge is -2.26. The fraction of sp³-hybridized carbons (Fsp3) is 0.429. The number of rotatable bonds is 2. The molecule has 2 atom stereocenters. The van der Waals surface area contributed by atoms with Crippen molar-refractivity contribution >= 4 is 11.8 Å². The predicted molar refractivity (Wildman–Crippen MR) is 44.8 cm³/mol. The van der Waals surface area contributed by atoms with Gasteiger partial charge >= 0.3 is 5.97 Å². The highest BCUT2D eigenvalue weighted by molar-refractivity contribution is 5.85. The van der Waals surface area contributed by atoms with Crippen molar-refractivity contribution in [1.82, 2.24) is 0 Å². The number of allylic oxidation sites excluding steroid dienone is 1. The number of nitrogens with two attached hydrogens (primary N) is 2. The van der Waals surface area contributed by atoms with Crippen molar-refractivity contribution in [3.8, 4) is 0 Å². The highest BCUT2D eigenvalue weighted by atomic mass is 16.5. The van der Waals surface area contributed by atoms with Crippen LogP contribution in [0.1, 0.15) is 6.42 Å². The normalized spacial score (nSPS) is 27.3. The fourth-order valence-corrected chi connectivity index (χ4v) is 1.09. The lowest BCUT2D eigenvalue weighted by Crippen LogP contribution is -2.43. The van der Waals surface area contributed by atoms with Crippen molar-refractivity contribution < 1.29 is 14.6 Å².